The molecule has 25 heavy (non-hydrogen) atoms. The minimum atomic E-state index is -4.64. The van der Waals surface area contributed by atoms with Gasteiger partial charge in [-0.05, 0) is 0 Å². The smallest absolute Gasteiger partial charge is 0.399 e. The molecule has 1 rings (SSSR count). The number of hydrogen-bond acceptors (Lipinski definition) is 2. The first-order valence-corrected chi connectivity index (χ1v) is 8.29. The zero-order valence-electron chi connectivity index (χ0n) is 16.1. The quantitative estimate of drug-likeness (QED) is 0.289. The zero-order valence-corrected chi connectivity index (χ0v) is 20.2. The first kappa shape index (κ1) is 40.2. The molecule has 0 amide bonds. The molecular formula is C16H33Cl2NO4PPd-3. The van der Waals surface area contributed by atoms with Gasteiger partial charge in [0.15, 0.2) is 0 Å². The molecule has 0 atom stereocenters. The number of phosphoric acid groups is 1. The van der Waals surface area contributed by atoms with Gasteiger partial charge in [-0.3, -0.25) is 0 Å². The third-order valence-electron chi connectivity index (χ3n) is 1.22. The monoisotopic (exact) mass is 510 g/mol. The second-order valence-electron chi connectivity index (χ2n) is 5.67. The minimum Gasteiger partial charge on any atom is -0.399 e. The summed E-state index contributed by atoms with van der Waals surface area (Å²) < 4.78 is 8.88. The number of nitrogens with zero attached hydrogens (tertiary/aromatic N) is 1. The van der Waals surface area contributed by atoms with Crippen molar-refractivity contribution in [3.63, 3.8) is 0 Å². The molecule has 3 N–H and O–H groups in total. The summed E-state index contributed by atoms with van der Waals surface area (Å²) in [5.74, 6) is 2.83. The van der Waals surface area contributed by atoms with E-state index in [1.807, 2.05) is 38.4 Å². The summed E-state index contributed by atoms with van der Waals surface area (Å²) in [6.45, 7) is 12.5. The van der Waals surface area contributed by atoms with Gasteiger partial charge in [-0.25, -0.2) is 4.57 Å². The van der Waals surface area contributed by atoms with Crippen LogP contribution >= 0.6 is 32.6 Å². The standard InChI is InChI=1S/C8H10N.2C4H9.2ClH.H3O4P.Pd/c1-9(2)8-6-4-3-5-7-8;2*1-4(2)3;;;1-5(2,3)4;/h4-7H,1-2H3;2*1-3H3;2*1H;(H3,1,2,3,4);/q3*-1;;;;. The van der Waals surface area contributed by atoms with E-state index in [4.69, 9.17) is 19.2 Å². The average Bonchev–Trinajstić information content (AvgIpc) is 2.26. The van der Waals surface area contributed by atoms with Gasteiger partial charge in [-0.2, -0.15) is 59.7 Å². The molecule has 5 nitrogen and oxygen atoms in total. The summed E-state index contributed by atoms with van der Waals surface area (Å²) in [7, 11) is -0.593. The van der Waals surface area contributed by atoms with Crippen LogP contribution in [0.1, 0.15) is 41.5 Å². The van der Waals surface area contributed by atoms with Crippen molar-refractivity contribution in [1.29, 1.82) is 0 Å². The summed E-state index contributed by atoms with van der Waals surface area (Å²) in [5, 5.41) is 0. The van der Waals surface area contributed by atoms with E-state index in [2.05, 4.69) is 52.5 Å². The fourth-order valence-corrected chi connectivity index (χ4v) is 0.676. The van der Waals surface area contributed by atoms with Crippen LogP contribution in [-0.4, -0.2) is 28.8 Å². The van der Waals surface area contributed by atoms with Crippen molar-refractivity contribution >= 4 is 38.3 Å². The number of benzene rings is 1. The molecule has 0 saturated heterocycles. The van der Waals surface area contributed by atoms with E-state index in [-0.39, 0.29) is 45.2 Å². The van der Waals surface area contributed by atoms with Crippen molar-refractivity contribution in [3.8, 4) is 0 Å². The van der Waals surface area contributed by atoms with E-state index in [1.165, 1.54) is 17.5 Å². The van der Waals surface area contributed by atoms with Crippen molar-refractivity contribution in [2.75, 3.05) is 19.0 Å². The molecule has 0 aliphatic heterocycles. The van der Waals surface area contributed by atoms with Gasteiger partial charge in [-0.15, -0.1) is 36.9 Å². The predicted molar refractivity (Wildman–Crippen MR) is 109 cm³/mol. The van der Waals surface area contributed by atoms with Crippen LogP contribution in [0.3, 0.4) is 0 Å². The molecular weight excluding hydrogens is 478 g/mol. The molecule has 158 valence electrons. The van der Waals surface area contributed by atoms with Crippen LogP contribution in [0.4, 0.5) is 5.69 Å². The first-order valence-electron chi connectivity index (χ1n) is 6.72. The third kappa shape index (κ3) is 79.7. The first-order chi connectivity index (χ1) is 9.77. The van der Waals surface area contributed by atoms with Crippen LogP contribution in [0.25, 0.3) is 0 Å². The molecule has 0 heterocycles. The second kappa shape index (κ2) is 24.4. The van der Waals surface area contributed by atoms with Crippen LogP contribution in [0, 0.1) is 17.9 Å². The summed E-state index contributed by atoms with van der Waals surface area (Å²) >= 11 is 0. The Balaban J connectivity index is -0.0000000498. The molecule has 0 radical (unpaired) electrons. The van der Waals surface area contributed by atoms with Crippen molar-refractivity contribution in [2.24, 2.45) is 0 Å². The van der Waals surface area contributed by atoms with Crippen LogP contribution < -0.4 is 4.90 Å². The Morgan fingerprint density at radius 3 is 1.20 bits per heavy atom. The van der Waals surface area contributed by atoms with Gasteiger partial charge in [0.2, 0.25) is 0 Å². The van der Waals surface area contributed by atoms with Gasteiger partial charge in [0, 0.05) is 34.5 Å². The number of rotatable bonds is 1. The maximum Gasteiger partial charge on any atom is 0.466 e. The molecule has 1 aromatic rings. The maximum absolute atomic E-state index is 8.88. The summed E-state index contributed by atoms with van der Waals surface area (Å²) in [6.07, 6.45) is 0. The maximum atomic E-state index is 8.88. The predicted octanol–water partition coefficient (Wildman–Crippen LogP) is 4.71. The van der Waals surface area contributed by atoms with Gasteiger partial charge in [-0.1, -0.05) is 5.69 Å². The second-order valence-corrected chi connectivity index (χ2v) is 6.69. The van der Waals surface area contributed by atoms with Crippen molar-refractivity contribution < 1.29 is 39.7 Å². The summed E-state index contributed by atoms with van der Waals surface area (Å²) in [6, 6.07) is 10.8. The van der Waals surface area contributed by atoms with Gasteiger partial charge in [0.25, 0.3) is 0 Å². The van der Waals surface area contributed by atoms with E-state index >= 15 is 0 Å². The van der Waals surface area contributed by atoms with Crippen molar-refractivity contribution in [3.05, 3.63) is 42.2 Å². The topological polar surface area (TPSA) is 81.0 Å². The van der Waals surface area contributed by atoms with Gasteiger partial charge in [0.1, 0.15) is 0 Å². The fourth-order valence-electron chi connectivity index (χ4n) is 0.676. The van der Waals surface area contributed by atoms with Crippen LogP contribution in [0.5, 0.6) is 0 Å². The Morgan fingerprint density at radius 1 is 0.880 bits per heavy atom. The molecule has 1 aromatic carbocycles. The molecule has 0 fully saturated rings. The van der Waals surface area contributed by atoms with E-state index in [0.717, 1.165) is 0 Å². The fraction of sp³-hybridized carbons (Fsp3) is 0.500. The molecule has 0 spiro atoms. The SMILES string of the molecule is CN(C)c1cc[c-]cc1.C[C-](C)C.C[C-](C)C.Cl.Cl.O=P(O)(O)O.[Pd]. The van der Waals surface area contributed by atoms with Gasteiger partial charge in [0.05, 0.1) is 0 Å². The molecule has 0 bridgehead atoms. The van der Waals surface area contributed by atoms with Crippen molar-refractivity contribution in [1.82, 2.24) is 0 Å². The minimum absolute atomic E-state index is 0. The van der Waals surface area contributed by atoms with Crippen LogP contribution in [0.15, 0.2) is 24.3 Å². The largest absolute Gasteiger partial charge is 0.466 e. The van der Waals surface area contributed by atoms with E-state index < -0.39 is 7.82 Å². The van der Waals surface area contributed by atoms with Gasteiger partial charge >= 0.3 is 7.82 Å². The number of hydrogen-bond donors (Lipinski definition) is 3. The Labute approximate surface area is 180 Å². The van der Waals surface area contributed by atoms with E-state index in [9.17, 15) is 0 Å². The summed E-state index contributed by atoms with van der Waals surface area (Å²) in [4.78, 5) is 23.6. The van der Waals surface area contributed by atoms with E-state index in [1.54, 1.807) is 0 Å². The zero-order chi connectivity index (χ0) is 18.3. The third-order valence-corrected chi connectivity index (χ3v) is 1.22. The van der Waals surface area contributed by atoms with Gasteiger partial charge < -0.3 is 31.4 Å². The number of anilines is 1. The Morgan fingerprint density at radius 2 is 1.08 bits per heavy atom. The van der Waals surface area contributed by atoms with E-state index in [0.29, 0.717) is 0 Å². The molecule has 0 unspecified atom stereocenters. The Bertz CT molecular complexity index is 371. The average molecular weight is 512 g/mol. The molecule has 0 aromatic heterocycles. The Hall–Kier alpha value is 0.372. The Kier molecular flexibility index (Phi) is 39.2. The molecule has 0 saturated carbocycles. The van der Waals surface area contributed by atoms with Crippen LogP contribution in [0.2, 0.25) is 0 Å². The molecule has 9 heteroatoms. The van der Waals surface area contributed by atoms with Crippen molar-refractivity contribution in [2.45, 2.75) is 41.5 Å². The van der Waals surface area contributed by atoms with Crippen LogP contribution in [-0.2, 0) is 25.0 Å². The normalized spacial score (nSPS) is 8.52. The molecule has 0 aliphatic carbocycles. The summed E-state index contributed by atoms with van der Waals surface area (Å²) in [5.41, 5.74) is 1.22. The number of halogens is 2. The molecule has 0 aliphatic rings.